The molecule has 14 heteroatoms. The lowest BCUT2D eigenvalue weighted by Gasteiger charge is -2.30. The summed E-state index contributed by atoms with van der Waals surface area (Å²) in [5, 5.41) is 27.6. The highest BCUT2D eigenvalue weighted by Gasteiger charge is 2.45. The molecular formula is C23H30N6O6S2. The van der Waals surface area contributed by atoms with E-state index >= 15 is 0 Å². The van der Waals surface area contributed by atoms with Crippen LogP contribution in [0.15, 0.2) is 64.7 Å². The highest BCUT2D eigenvalue weighted by atomic mass is 32.2. The van der Waals surface area contributed by atoms with Gasteiger partial charge in [-0.15, -0.1) is 0 Å². The first-order valence-electron chi connectivity index (χ1n) is 11.6. The van der Waals surface area contributed by atoms with Crippen LogP contribution >= 0.6 is 0 Å². The van der Waals surface area contributed by atoms with Gasteiger partial charge in [0.2, 0.25) is 16.0 Å². The monoisotopic (exact) mass is 550 g/mol. The van der Waals surface area contributed by atoms with Crippen molar-refractivity contribution in [1.82, 2.24) is 14.0 Å². The molecule has 4 rings (SSSR count). The average Bonchev–Trinajstić information content (AvgIpc) is 3.21. The summed E-state index contributed by atoms with van der Waals surface area (Å²) < 4.78 is 55.1. The van der Waals surface area contributed by atoms with E-state index in [4.69, 9.17) is 0 Å². The molecule has 2 atom stereocenters. The predicted octanol–water partition coefficient (Wildman–Crippen LogP) is 0.243. The van der Waals surface area contributed by atoms with Crippen molar-refractivity contribution in [2.45, 2.75) is 24.5 Å². The van der Waals surface area contributed by atoms with Gasteiger partial charge < -0.3 is 10.2 Å². The highest BCUT2D eigenvalue weighted by Crippen LogP contribution is 2.33. The summed E-state index contributed by atoms with van der Waals surface area (Å²) in [7, 11) is -6.10. The highest BCUT2D eigenvalue weighted by molar-refractivity contribution is 7.92. The Bertz CT molecular complexity index is 1400. The van der Waals surface area contributed by atoms with Gasteiger partial charge >= 0.3 is 10.2 Å². The molecule has 2 aromatic carbocycles. The molecule has 12 nitrogen and oxygen atoms in total. The van der Waals surface area contributed by atoms with Gasteiger partial charge in [-0.3, -0.25) is 9.71 Å². The van der Waals surface area contributed by atoms with Crippen molar-refractivity contribution in [3.8, 4) is 0 Å². The number of guanidine groups is 1. The molecule has 37 heavy (non-hydrogen) atoms. The number of β-amino-alcohol motifs (C(OH)–C–C–N with tert-alkyl or cyclic N) is 2. The van der Waals surface area contributed by atoms with Gasteiger partial charge in [0.05, 0.1) is 18.9 Å². The van der Waals surface area contributed by atoms with E-state index in [0.29, 0.717) is 29.7 Å². The Hall–Kier alpha value is -3.04. The Morgan fingerprint density at radius 2 is 1.78 bits per heavy atom. The number of benzene rings is 2. The minimum atomic E-state index is -4.04. The zero-order valence-electron chi connectivity index (χ0n) is 20.4. The summed E-state index contributed by atoms with van der Waals surface area (Å²) in [6.45, 7) is 0.107. The van der Waals surface area contributed by atoms with E-state index in [1.165, 1.54) is 12.1 Å². The maximum atomic E-state index is 13.0. The van der Waals surface area contributed by atoms with Gasteiger partial charge in [-0.2, -0.15) is 17.8 Å². The lowest BCUT2D eigenvalue weighted by atomic mass is 9.86. The zero-order valence-corrected chi connectivity index (χ0v) is 22.1. The molecule has 4 N–H and O–H groups in total. The molecule has 200 valence electrons. The zero-order chi connectivity index (χ0) is 26.8. The fourth-order valence-electron chi connectivity index (χ4n) is 4.33. The molecule has 1 fully saturated rings. The molecule has 0 aromatic heterocycles. The molecular weight excluding hydrogens is 520 g/mol. The Morgan fingerprint density at radius 3 is 2.38 bits per heavy atom. The molecule has 2 aromatic rings. The lowest BCUT2D eigenvalue weighted by molar-refractivity contribution is 0.103. The van der Waals surface area contributed by atoms with Gasteiger partial charge in [-0.25, -0.2) is 18.1 Å². The summed E-state index contributed by atoms with van der Waals surface area (Å²) >= 11 is 0. The topological polar surface area (TPSA) is 164 Å². The minimum Gasteiger partial charge on any atom is -0.392 e. The first-order valence-corrected chi connectivity index (χ1v) is 14.9. The molecule has 2 aliphatic rings. The van der Waals surface area contributed by atoms with Gasteiger partial charge in [-0.1, -0.05) is 42.5 Å². The van der Waals surface area contributed by atoms with Crippen LogP contribution in [0.2, 0.25) is 0 Å². The first-order chi connectivity index (χ1) is 17.4. The first kappa shape index (κ1) is 27.0. The van der Waals surface area contributed by atoms with Gasteiger partial charge in [0.15, 0.2) is 5.60 Å². The standard InChI is InChI=1S/C23H30N6O6S2/c1-24-22(27-37(34,35)28-14-6-9-20(30)15-28)29-16-23(31,18-7-4-3-5-8-18)21(25-29)17-10-12-19(13-11-17)26-36(2,32)33/h3-5,7-8,10-13,20,26,30-31H,6,9,14-16H2,1-2H3,(H,24,27). The Morgan fingerprint density at radius 1 is 1.11 bits per heavy atom. The van der Waals surface area contributed by atoms with Crippen molar-refractivity contribution in [1.29, 1.82) is 0 Å². The van der Waals surface area contributed by atoms with E-state index in [1.807, 2.05) is 6.07 Å². The van der Waals surface area contributed by atoms with Crippen LogP contribution < -0.4 is 9.44 Å². The van der Waals surface area contributed by atoms with Crippen molar-refractivity contribution < 1.29 is 27.0 Å². The summed E-state index contributed by atoms with van der Waals surface area (Å²) in [6.07, 6.45) is 1.37. The number of anilines is 1. The molecule has 2 aliphatic heterocycles. The number of hydrogen-bond acceptors (Lipinski definition) is 8. The van der Waals surface area contributed by atoms with E-state index in [9.17, 15) is 27.0 Å². The second kappa shape index (κ2) is 10.4. The number of hydrogen-bond donors (Lipinski definition) is 4. The van der Waals surface area contributed by atoms with Crippen LogP contribution in [-0.2, 0) is 25.8 Å². The van der Waals surface area contributed by atoms with E-state index in [2.05, 4.69) is 19.5 Å². The number of hydrazone groups is 1. The second-order valence-electron chi connectivity index (χ2n) is 8.99. The summed E-state index contributed by atoms with van der Waals surface area (Å²) in [5.74, 6) is -0.0974. The predicted molar refractivity (Wildman–Crippen MR) is 141 cm³/mol. The molecule has 0 bridgehead atoms. The molecule has 1 saturated heterocycles. The third-order valence-corrected chi connectivity index (χ3v) is 8.14. The second-order valence-corrected chi connectivity index (χ2v) is 12.4. The number of piperidine rings is 1. The molecule has 0 amide bonds. The number of nitrogens with zero attached hydrogens (tertiary/aromatic N) is 4. The molecule has 0 radical (unpaired) electrons. The number of sulfonamides is 1. The fraction of sp³-hybridized carbons (Fsp3) is 0.391. The largest absolute Gasteiger partial charge is 0.392 e. The van der Waals surface area contributed by atoms with Gasteiger partial charge in [0.1, 0.15) is 5.71 Å². The Labute approximate surface area is 216 Å². The van der Waals surface area contributed by atoms with E-state index in [0.717, 1.165) is 10.6 Å². The normalized spacial score (nSPS) is 23.6. The van der Waals surface area contributed by atoms with Crippen LogP contribution in [0.1, 0.15) is 24.0 Å². The fourth-order valence-corrected chi connectivity index (χ4v) is 6.19. The van der Waals surface area contributed by atoms with Crippen molar-refractivity contribution >= 4 is 37.6 Å². The van der Waals surface area contributed by atoms with E-state index < -0.39 is 31.9 Å². The van der Waals surface area contributed by atoms with Crippen LogP contribution in [-0.4, -0.2) is 87.1 Å². The van der Waals surface area contributed by atoms with Crippen LogP contribution in [0.5, 0.6) is 0 Å². The van der Waals surface area contributed by atoms with Crippen LogP contribution in [0.4, 0.5) is 5.69 Å². The maximum absolute atomic E-state index is 13.0. The molecule has 2 unspecified atom stereocenters. The maximum Gasteiger partial charge on any atom is 0.304 e. The van der Waals surface area contributed by atoms with Crippen molar-refractivity contribution in [2.75, 3.05) is 37.7 Å². The SMILES string of the molecule is CN=C(NS(=O)(=O)N1CCCC(O)C1)N1CC(O)(c2ccccc2)C(c2ccc(NS(C)(=O)=O)cc2)=N1. The summed E-state index contributed by atoms with van der Waals surface area (Å²) in [4.78, 5) is 4.08. The number of aliphatic imine (C=N–C) groups is 1. The van der Waals surface area contributed by atoms with Crippen molar-refractivity contribution in [2.24, 2.45) is 10.1 Å². The molecule has 0 saturated carbocycles. The Balaban J connectivity index is 1.67. The number of rotatable bonds is 6. The number of aliphatic hydroxyl groups excluding tert-OH is 1. The summed E-state index contributed by atoms with van der Waals surface area (Å²) in [6, 6.07) is 15.2. The minimum absolute atomic E-state index is 0.0251. The van der Waals surface area contributed by atoms with Crippen LogP contribution in [0, 0.1) is 0 Å². The van der Waals surface area contributed by atoms with Crippen LogP contribution in [0.3, 0.4) is 0 Å². The van der Waals surface area contributed by atoms with E-state index in [1.54, 1.807) is 48.5 Å². The van der Waals surface area contributed by atoms with Crippen LogP contribution in [0.25, 0.3) is 0 Å². The Kier molecular flexibility index (Phi) is 7.57. The van der Waals surface area contributed by atoms with Gasteiger partial charge in [0.25, 0.3) is 0 Å². The van der Waals surface area contributed by atoms with Gasteiger partial charge in [0, 0.05) is 31.4 Å². The van der Waals surface area contributed by atoms with Gasteiger partial charge in [-0.05, 0) is 30.5 Å². The molecule has 0 spiro atoms. The number of aliphatic hydroxyl groups is 2. The van der Waals surface area contributed by atoms with Crippen molar-refractivity contribution in [3.63, 3.8) is 0 Å². The average molecular weight is 551 g/mol. The summed E-state index contributed by atoms with van der Waals surface area (Å²) in [5.41, 5.74) is -0.0107. The molecule has 2 heterocycles. The van der Waals surface area contributed by atoms with Crippen molar-refractivity contribution in [3.05, 3.63) is 65.7 Å². The van der Waals surface area contributed by atoms with E-state index in [-0.39, 0.29) is 31.3 Å². The lowest BCUT2D eigenvalue weighted by Crippen LogP contribution is -2.52. The quantitative estimate of drug-likeness (QED) is 0.296. The third-order valence-electron chi connectivity index (χ3n) is 6.08. The third kappa shape index (κ3) is 6.10. The number of nitrogens with one attached hydrogen (secondary N) is 2. The smallest absolute Gasteiger partial charge is 0.304 e. The molecule has 0 aliphatic carbocycles.